The number of hydrogen-bond donors (Lipinski definition) is 0. The lowest BCUT2D eigenvalue weighted by Gasteiger charge is -2.17. The lowest BCUT2D eigenvalue weighted by Crippen LogP contribution is -2.32. The van der Waals surface area contributed by atoms with Crippen LogP contribution in [0.4, 0.5) is 0 Å². The molecule has 1 atom stereocenters. The average molecular weight is 394 g/mol. The van der Waals surface area contributed by atoms with Gasteiger partial charge in [0.05, 0.1) is 18.7 Å². The molecule has 0 bridgehead atoms. The molecule has 1 aliphatic rings. The predicted octanol–water partition coefficient (Wildman–Crippen LogP) is 2.63. The minimum atomic E-state index is -0.0467. The number of hydrogen-bond acceptors (Lipinski definition) is 4. The van der Waals surface area contributed by atoms with Crippen molar-refractivity contribution in [2.45, 2.75) is 38.8 Å². The van der Waals surface area contributed by atoms with Crippen molar-refractivity contribution in [3.05, 3.63) is 58.6 Å². The number of imidazole rings is 1. The maximum absolute atomic E-state index is 12.9. The van der Waals surface area contributed by atoms with Crippen LogP contribution < -0.4 is 10.4 Å². The van der Waals surface area contributed by atoms with E-state index in [1.165, 1.54) is 0 Å². The lowest BCUT2D eigenvalue weighted by molar-refractivity contribution is -0.130. The van der Waals surface area contributed by atoms with Gasteiger partial charge >= 0.3 is 5.69 Å². The summed E-state index contributed by atoms with van der Waals surface area (Å²) in [6.07, 6.45) is 3.54. The molecule has 29 heavy (non-hydrogen) atoms. The van der Waals surface area contributed by atoms with Crippen LogP contribution >= 0.6 is 0 Å². The normalized spacial score (nSPS) is 16.5. The van der Waals surface area contributed by atoms with Crippen LogP contribution in [-0.2, 0) is 17.8 Å². The Morgan fingerprint density at radius 2 is 2.07 bits per heavy atom. The summed E-state index contributed by atoms with van der Waals surface area (Å²) in [7, 11) is 1.64. The molecule has 1 saturated heterocycles. The highest BCUT2D eigenvalue weighted by Crippen LogP contribution is 2.25. The zero-order valence-corrected chi connectivity index (χ0v) is 16.9. The van der Waals surface area contributed by atoms with Gasteiger partial charge in [-0.2, -0.15) is 0 Å². The molecule has 0 unspecified atom stereocenters. The molecule has 3 aromatic rings. The highest BCUT2D eigenvalue weighted by atomic mass is 16.5. The van der Waals surface area contributed by atoms with Crippen LogP contribution in [0, 0.1) is 0 Å². The van der Waals surface area contributed by atoms with Crippen molar-refractivity contribution in [1.29, 1.82) is 0 Å². The van der Waals surface area contributed by atoms with Crippen molar-refractivity contribution >= 4 is 17.1 Å². The van der Waals surface area contributed by atoms with E-state index in [-0.39, 0.29) is 17.6 Å². The number of nitrogens with zero attached hydrogens (tertiary/aromatic N) is 4. The predicted molar refractivity (Wildman–Crippen MR) is 111 cm³/mol. The van der Waals surface area contributed by atoms with E-state index in [2.05, 4.69) is 4.98 Å². The van der Waals surface area contributed by atoms with E-state index in [9.17, 15) is 9.59 Å². The smallest absolute Gasteiger partial charge is 0.330 e. The van der Waals surface area contributed by atoms with Gasteiger partial charge in [0.15, 0.2) is 5.65 Å². The zero-order valence-electron chi connectivity index (χ0n) is 16.9. The Balaban J connectivity index is 1.48. The van der Waals surface area contributed by atoms with Gasteiger partial charge in [0.25, 0.3) is 0 Å². The molecule has 0 saturated carbocycles. The van der Waals surface area contributed by atoms with Crippen molar-refractivity contribution < 1.29 is 9.53 Å². The number of aryl methyl sites for hydroxylation is 2. The second-order valence-corrected chi connectivity index (χ2v) is 7.34. The molecule has 1 fully saturated rings. The third kappa shape index (κ3) is 3.52. The lowest BCUT2D eigenvalue weighted by atomic mass is 10.1. The first-order valence-electron chi connectivity index (χ1n) is 10.1. The number of carbonyl (C=O) groups excluding carboxylic acids is 1. The first kappa shape index (κ1) is 19.2. The summed E-state index contributed by atoms with van der Waals surface area (Å²) in [5.74, 6) is 0.920. The van der Waals surface area contributed by atoms with E-state index in [0.717, 1.165) is 23.3 Å². The van der Waals surface area contributed by atoms with E-state index in [4.69, 9.17) is 4.74 Å². The van der Waals surface area contributed by atoms with Crippen molar-refractivity contribution in [3.8, 4) is 5.75 Å². The van der Waals surface area contributed by atoms with E-state index in [0.29, 0.717) is 38.1 Å². The molecule has 1 aliphatic heterocycles. The average Bonchev–Trinajstić information content (AvgIpc) is 3.34. The molecule has 0 radical (unpaired) electrons. The Morgan fingerprint density at radius 1 is 1.24 bits per heavy atom. The Labute approximate surface area is 169 Å². The number of aromatic nitrogens is 3. The number of amides is 1. The highest BCUT2D eigenvalue weighted by molar-refractivity contribution is 5.77. The largest absolute Gasteiger partial charge is 0.496 e. The van der Waals surface area contributed by atoms with Gasteiger partial charge in [-0.05, 0) is 43.5 Å². The molecule has 7 heteroatoms. The van der Waals surface area contributed by atoms with Gasteiger partial charge in [-0.1, -0.05) is 18.2 Å². The molecular weight excluding hydrogens is 368 g/mol. The topological polar surface area (TPSA) is 69.4 Å². The van der Waals surface area contributed by atoms with E-state index in [1.807, 2.05) is 48.2 Å². The van der Waals surface area contributed by atoms with E-state index < -0.39 is 0 Å². The first-order chi connectivity index (χ1) is 14.1. The van der Waals surface area contributed by atoms with Crippen molar-refractivity contribution in [1.82, 2.24) is 19.0 Å². The van der Waals surface area contributed by atoms with Crippen LogP contribution in [-0.4, -0.2) is 45.1 Å². The Hall–Kier alpha value is -3.09. The SMILES string of the molecule is CCn1c(=O)n([C@@H]2CCN(C(=O)CCc3ccccc3OC)C2)c2ncccc21. The van der Waals surface area contributed by atoms with E-state index in [1.54, 1.807) is 22.4 Å². The van der Waals surface area contributed by atoms with Crippen LogP contribution in [0.5, 0.6) is 5.75 Å². The summed E-state index contributed by atoms with van der Waals surface area (Å²) >= 11 is 0. The number of methoxy groups -OCH3 is 1. The van der Waals surface area contributed by atoms with Gasteiger partial charge in [-0.3, -0.25) is 13.9 Å². The Morgan fingerprint density at radius 3 is 2.86 bits per heavy atom. The van der Waals surface area contributed by atoms with Gasteiger partial charge in [0.2, 0.25) is 5.91 Å². The van der Waals surface area contributed by atoms with Crippen LogP contribution in [0.15, 0.2) is 47.4 Å². The fraction of sp³-hybridized carbons (Fsp3) is 0.409. The van der Waals surface area contributed by atoms with E-state index >= 15 is 0 Å². The molecule has 0 aliphatic carbocycles. The second-order valence-electron chi connectivity index (χ2n) is 7.34. The number of carbonyl (C=O) groups is 1. The van der Waals surface area contributed by atoms with Crippen molar-refractivity contribution in [2.75, 3.05) is 20.2 Å². The molecular formula is C22H26N4O3. The monoisotopic (exact) mass is 394 g/mol. The summed E-state index contributed by atoms with van der Waals surface area (Å²) < 4.78 is 8.89. The van der Waals surface area contributed by atoms with Crippen LogP contribution in [0.1, 0.15) is 31.4 Å². The number of ether oxygens (including phenoxy) is 1. The summed E-state index contributed by atoms with van der Waals surface area (Å²) in [6.45, 7) is 3.76. The van der Waals surface area contributed by atoms with Crippen LogP contribution in [0.3, 0.4) is 0 Å². The zero-order chi connectivity index (χ0) is 20.4. The number of pyridine rings is 1. The quantitative estimate of drug-likeness (QED) is 0.645. The molecule has 4 rings (SSSR count). The third-order valence-electron chi connectivity index (χ3n) is 5.72. The molecule has 1 aromatic carbocycles. The minimum absolute atomic E-state index is 0.0390. The molecule has 0 N–H and O–H groups in total. The fourth-order valence-electron chi connectivity index (χ4n) is 4.23. The Kier molecular flexibility index (Phi) is 5.38. The second kappa shape index (κ2) is 8.11. The van der Waals surface area contributed by atoms with Gasteiger partial charge in [0, 0.05) is 32.3 Å². The standard InChI is InChI=1S/C22H26N4O3/c1-3-25-18-8-6-13-23-21(18)26(22(25)28)17-12-14-24(15-17)20(27)11-10-16-7-4-5-9-19(16)29-2/h4-9,13,17H,3,10-12,14-15H2,1-2H3/t17-/m1/s1. The number of rotatable bonds is 6. The first-order valence-corrected chi connectivity index (χ1v) is 10.1. The van der Waals surface area contributed by atoms with Crippen molar-refractivity contribution in [3.63, 3.8) is 0 Å². The minimum Gasteiger partial charge on any atom is -0.496 e. The van der Waals surface area contributed by atoms with Crippen molar-refractivity contribution in [2.24, 2.45) is 0 Å². The fourth-order valence-corrected chi connectivity index (χ4v) is 4.23. The number of para-hydroxylation sites is 1. The maximum atomic E-state index is 12.9. The summed E-state index contributed by atoms with van der Waals surface area (Å²) in [5.41, 5.74) is 2.54. The van der Waals surface area contributed by atoms with Crippen LogP contribution in [0.2, 0.25) is 0 Å². The molecule has 0 spiro atoms. The summed E-state index contributed by atoms with van der Waals surface area (Å²) in [4.78, 5) is 32.0. The molecule has 3 heterocycles. The van der Waals surface area contributed by atoms with Gasteiger partial charge < -0.3 is 9.64 Å². The highest BCUT2D eigenvalue weighted by Gasteiger charge is 2.30. The molecule has 1 amide bonds. The molecule has 152 valence electrons. The Bertz CT molecular complexity index is 1090. The molecule has 7 nitrogen and oxygen atoms in total. The van der Waals surface area contributed by atoms with Gasteiger partial charge in [-0.25, -0.2) is 9.78 Å². The summed E-state index contributed by atoms with van der Waals surface area (Å²) in [6, 6.07) is 11.5. The maximum Gasteiger partial charge on any atom is 0.330 e. The van der Waals surface area contributed by atoms with Gasteiger partial charge in [-0.15, -0.1) is 0 Å². The third-order valence-corrected chi connectivity index (χ3v) is 5.72. The molecule has 2 aromatic heterocycles. The number of likely N-dealkylation sites (tertiary alicyclic amines) is 1. The number of benzene rings is 1. The van der Waals surface area contributed by atoms with Crippen LogP contribution in [0.25, 0.3) is 11.2 Å². The summed E-state index contributed by atoms with van der Waals surface area (Å²) in [5, 5.41) is 0. The number of fused-ring (bicyclic) bond motifs is 1. The van der Waals surface area contributed by atoms with Gasteiger partial charge in [0.1, 0.15) is 5.75 Å².